The second-order valence-corrected chi connectivity index (χ2v) is 33.7. The number of carbonyl (C=O) groups is 8. The molecule has 24 heteroatoms. The quantitative estimate of drug-likeness (QED) is 0.0216. The second kappa shape index (κ2) is 54.0. The summed E-state index contributed by atoms with van der Waals surface area (Å²) in [7, 11) is 0. The fourth-order valence-corrected chi connectivity index (χ4v) is 13.6. The van der Waals surface area contributed by atoms with Crippen LogP contribution in [-0.4, -0.2) is 128 Å². The van der Waals surface area contributed by atoms with Crippen molar-refractivity contribution in [2.24, 2.45) is 40.4 Å². The van der Waals surface area contributed by atoms with E-state index in [9.17, 15) is 38.4 Å². The molecule has 0 radical (unpaired) electrons. The zero-order valence-electron chi connectivity index (χ0n) is 75.4. The average Bonchev–Trinajstić information content (AvgIpc) is 0.816. The number of carboxylic acids is 8. The van der Waals surface area contributed by atoms with Crippen LogP contribution in [-0.2, 0) is 25.7 Å². The molecular formula is C100H128N8O16. The highest BCUT2D eigenvalue weighted by atomic mass is 16.4. The number of aromatic nitrogens is 8. The van der Waals surface area contributed by atoms with Gasteiger partial charge in [-0.25, -0.2) is 78.2 Å². The summed E-state index contributed by atoms with van der Waals surface area (Å²) in [5.74, 6) is -4.46. The Bertz CT molecular complexity index is 4990. The number of benzene rings is 2. The lowest BCUT2D eigenvalue weighted by Gasteiger charge is -2.24. The van der Waals surface area contributed by atoms with Crippen molar-refractivity contribution in [1.82, 2.24) is 39.9 Å². The third kappa shape index (κ3) is 40.4. The van der Waals surface area contributed by atoms with Crippen molar-refractivity contribution in [2.75, 3.05) is 0 Å². The number of carboxylic acid groups (broad SMARTS) is 8. The molecule has 0 aliphatic rings. The van der Waals surface area contributed by atoms with Gasteiger partial charge < -0.3 is 40.9 Å². The van der Waals surface area contributed by atoms with E-state index in [2.05, 4.69) is 158 Å². The first-order valence-corrected chi connectivity index (χ1v) is 42.1. The molecule has 2 unspecified atom stereocenters. The molecule has 0 aliphatic carbocycles. The monoisotopic (exact) mass is 1700 g/mol. The van der Waals surface area contributed by atoms with Gasteiger partial charge in [-0.15, -0.1) is 0 Å². The van der Waals surface area contributed by atoms with Crippen LogP contribution < -0.4 is 0 Å². The highest BCUT2D eigenvalue weighted by Gasteiger charge is 2.23. The van der Waals surface area contributed by atoms with E-state index in [1.807, 2.05) is 105 Å². The molecule has 124 heavy (non-hydrogen) atoms. The summed E-state index contributed by atoms with van der Waals surface area (Å²) in [5, 5.41) is 70.6. The molecule has 0 fully saturated rings. The van der Waals surface area contributed by atoms with Gasteiger partial charge in [-0.1, -0.05) is 240 Å². The normalized spacial score (nSPS) is 11.3. The van der Waals surface area contributed by atoms with Gasteiger partial charge in [0.1, 0.15) is 45.6 Å². The summed E-state index contributed by atoms with van der Waals surface area (Å²) in [4.78, 5) is 119. The summed E-state index contributed by atoms with van der Waals surface area (Å²) in [6.45, 7) is 40.5. The zero-order chi connectivity index (χ0) is 93.0. The van der Waals surface area contributed by atoms with Crippen molar-refractivity contribution >= 4 is 47.8 Å². The van der Waals surface area contributed by atoms with Crippen LogP contribution in [0, 0.1) is 54.3 Å². The predicted molar refractivity (Wildman–Crippen MR) is 486 cm³/mol. The minimum atomic E-state index is -1.01. The molecule has 10 aromatic rings. The molecule has 8 heterocycles. The number of nitrogens with zero attached hydrogens (tertiary/aromatic N) is 8. The molecule has 2 aromatic carbocycles. The predicted octanol–water partition coefficient (Wildman–Crippen LogP) is 23.0. The van der Waals surface area contributed by atoms with Crippen LogP contribution in [0.2, 0.25) is 0 Å². The van der Waals surface area contributed by atoms with E-state index in [0.29, 0.717) is 58.2 Å². The number of aryl methyl sites for hydroxylation is 3. The van der Waals surface area contributed by atoms with Gasteiger partial charge in [0.25, 0.3) is 0 Å². The smallest absolute Gasteiger partial charge is 0.354 e. The van der Waals surface area contributed by atoms with E-state index in [4.69, 9.17) is 40.9 Å². The van der Waals surface area contributed by atoms with Crippen molar-refractivity contribution in [3.63, 3.8) is 0 Å². The number of hydrogen-bond donors (Lipinski definition) is 8. The highest BCUT2D eigenvalue weighted by molar-refractivity contribution is 5.89. The molecule has 0 saturated heterocycles. The zero-order valence-corrected chi connectivity index (χ0v) is 75.4. The summed E-state index contributed by atoms with van der Waals surface area (Å²) >= 11 is 0. The number of hydrogen-bond acceptors (Lipinski definition) is 16. The Morgan fingerprint density at radius 1 is 0.339 bits per heavy atom. The van der Waals surface area contributed by atoms with Crippen molar-refractivity contribution in [3.8, 4) is 22.5 Å². The lowest BCUT2D eigenvalue weighted by molar-refractivity contribution is 0.0679. The Morgan fingerprint density at radius 3 is 1.08 bits per heavy atom. The lowest BCUT2D eigenvalue weighted by Crippen LogP contribution is -2.16. The van der Waals surface area contributed by atoms with Gasteiger partial charge in [0.2, 0.25) is 0 Å². The molecule has 664 valence electrons. The van der Waals surface area contributed by atoms with Crippen molar-refractivity contribution in [2.45, 2.75) is 220 Å². The maximum absolute atomic E-state index is 10.9. The molecule has 0 spiro atoms. The van der Waals surface area contributed by atoms with Crippen LogP contribution in [0.1, 0.15) is 310 Å². The van der Waals surface area contributed by atoms with Crippen molar-refractivity contribution < 1.29 is 79.2 Å². The van der Waals surface area contributed by atoms with Crippen molar-refractivity contribution in [1.29, 1.82) is 0 Å². The molecule has 0 saturated carbocycles. The van der Waals surface area contributed by atoms with Gasteiger partial charge in [0, 0.05) is 57.1 Å². The first-order chi connectivity index (χ1) is 58.4. The van der Waals surface area contributed by atoms with Crippen LogP contribution in [0.4, 0.5) is 0 Å². The summed E-state index contributed by atoms with van der Waals surface area (Å²) in [5.41, 5.74) is 12.1. The number of unbranched alkanes of at least 4 members (excludes halogenated alkanes) is 1. The molecule has 0 amide bonds. The van der Waals surface area contributed by atoms with E-state index in [0.717, 1.165) is 108 Å². The van der Waals surface area contributed by atoms with Crippen LogP contribution in [0.3, 0.4) is 0 Å². The fraction of sp³-hybridized carbons (Fsp3) is 0.400. The first kappa shape index (κ1) is 106. The van der Waals surface area contributed by atoms with E-state index in [-0.39, 0.29) is 51.0 Å². The first-order valence-electron chi connectivity index (χ1n) is 42.1. The SMILES string of the molecule is CC(C)(C)Cc1cccc(C(=O)O)n1.CC(C)C(c1cccc(C(=O)O)n1)C(C)C.CC(C)Cc1cccc(C(=O)O)n1.CC(CCc1cccc(C(=O)O)n1)CC(C)(C)C.CCC(CC)c1cccc(C(=O)O)n1.CCCCC(CC)Cc1cccc(C(=O)O)n1.Cc1cccc(C)c1-c1cccc(C(=O)O)n1.O=C(O)c1cccc(-c2ccccc2)n1. The Morgan fingerprint density at radius 2 is 0.685 bits per heavy atom. The summed E-state index contributed by atoms with van der Waals surface area (Å²) in [6, 6.07) is 56.5. The molecule has 8 N–H and O–H groups in total. The van der Waals surface area contributed by atoms with Crippen molar-refractivity contribution in [3.05, 3.63) is 285 Å². The number of rotatable bonds is 29. The minimum Gasteiger partial charge on any atom is -0.477 e. The Labute approximate surface area is 731 Å². The lowest BCUT2D eigenvalue weighted by atomic mass is 9.83. The molecule has 10 rings (SSSR count). The maximum Gasteiger partial charge on any atom is 0.354 e. The van der Waals surface area contributed by atoms with Gasteiger partial charge >= 0.3 is 47.8 Å². The molecule has 0 bridgehead atoms. The molecule has 2 atom stereocenters. The van der Waals surface area contributed by atoms with Crippen LogP contribution in [0.5, 0.6) is 0 Å². The highest BCUT2D eigenvalue weighted by Crippen LogP contribution is 2.32. The topological polar surface area (TPSA) is 402 Å². The van der Waals surface area contributed by atoms with E-state index < -0.39 is 47.8 Å². The minimum absolute atomic E-state index is 0.0661. The number of pyridine rings is 8. The van der Waals surface area contributed by atoms with Gasteiger partial charge in [-0.3, -0.25) is 0 Å². The average molecular weight is 1700 g/mol. The van der Waals surface area contributed by atoms with E-state index in [1.54, 1.807) is 60.7 Å². The molecule has 24 nitrogen and oxygen atoms in total. The van der Waals surface area contributed by atoms with E-state index >= 15 is 0 Å². The third-order valence-corrected chi connectivity index (χ3v) is 19.2. The Balaban J connectivity index is 0.000000367. The Kier molecular flexibility index (Phi) is 46.0. The van der Waals surface area contributed by atoms with Crippen LogP contribution in [0.15, 0.2) is 194 Å². The van der Waals surface area contributed by atoms with Gasteiger partial charge in [-0.2, -0.15) is 0 Å². The number of aromatic carboxylic acids is 8. The van der Waals surface area contributed by atoms with E-state index in [1.165, 1.54) is 68.1 Å². The van der Waals surface area contributed by atoms with Gasteiger partial charge in [0.05, 0.1) is 11.4 Å². The maximum atomic E-state index is 10.9. The molecule has 0 aliphatic heterocycles. The second-order valence-electron chi connectivity index (χ2n) is 33.7. The van der Waals surface area contributed by atoms with Gasteiger partial charge in [-0.05, 0) is 214 Å². The Hall–Kier alpha value is -12.6. The summed E-state index contributed by atoms with van der Waals surface area (Å²) < 4.78 is 0. The standard InChI is InChI=1S/C15H23NO2.C14H13NO2.C14H21NO2.C13H19NO2.C12H9NO2.2C11H15NO2.C10H13NO2/c1-11(10-15(2,3)4)8-9-12-6-5-7-13(16-12)14(17)18;1-9-5-3-6-10(2)13(9)11-7-4-8-12(15-11)14(16)17;1-3-5-7-11(4-2)10-12-8-6-9-13(15-12)14(16)17;1-8(2)12(9(3)4)10-6-5-7-11(14-10)13(15)16;14-12(15)11-8-4-7-10(13-11)9-5-2-1-3-6-9;1-11(2,3)7-8-5-4-6-9(12-8)10(13)14;1-3-8(4-2)9-6-5-7-10(12-9)11(13)14;1-7(2)6-8-4-3-5-9(11-8)10(12)13/h5-7,11H,8-10H2,1-4H3,(H,17,18);3-8H,1-2H3,(H,16,17);6,8-9,11H,3-5,7,10H2,1-2H3,(H,16,17);5-9,12H,1-4H3,(H,15,16);1-8H,(H,14,15);4-6H,7H2,1-3H3,(H,13,14);5-8H,3-4H2,1-2H3,(H,13,14);3-5,7H,6H2,1-2H3,(H,12,13). The van der Waals surface area contributed by atoms with Crippen LogP contribution >= 0.6 is 0 Å². The van der Waals surface area contributed by atoms with Gasteiger partial charge in [0.15, 0.2) is 0 Å². The molecule has 8 aromatic heterocycles. The fourth-order valence-electron chi connectivity index (χ4n) is 13.6. The molecular weight excluding hydrogens is 1570 g/mol. The van der Waals surface area contributed by atoms with Crippen LogP contribution in [0.25, 0.3) is 22.5 Å². The third-order valence-electron chi connectivity index (χ3n) is 19.2. The summed E-state index contributed by atoms with van der Waals surface area (Å²) in [6.07, 6.45) is 12.3. The largest absolute Gasteiger partial charge is 0.477 e.